The molecule has 1 aromatic heterocycles. The number of benzene rings is 1. The van der Waals surface area contributed by atoms with E-state index in [9.17, 15) is 0 Å². The lowest BCUT2D eigenvalue weighted by atomic mass is 10.1. The molecule has 0 spiro atoms. The van der Waals surface area contributed by atoms with Crippen LogP contribution in [0.15, 0.2) is 30.6 Å². The van der Waals surface area contributed by atoms with Crippen molar-refractivity contribution >= 4 is 10.8 Å². The highest BCUT2D eigenvalue weighted by Gasteiger charge is 2.03. The zero-order valence-electron chi connectivity index (χ0n) is 7.69. The Kier molecular flexibility index (Phi) is 2.04. The largest absolute Gasteiger partial charge is 0.497 e. The van der Waals surface area contributed by atoms with Crippen LogP contribution >= 0.6 is 0 Å². The third-order valence-corrected chi connectivity index (χ3v) is 2.08. The topological polar surface area (TPSA) is 45.9 Å². The van der Waals surface area contributed by atoms with Crippen LogP contribution in [0.2, 0.25) is 0 Å². The van der Waals surface area contributed by atoms with Crippen molar-refractivity contribution in [1.29, 1.82) is 5.26 Å². The number of hydrogen-bond donors (Lipinski definition) is 0. The average Bonchev–Trinajstić information content (AvgIpc) is 2.27. The lowest BCUT2D eigenvalue weighted by Crippen LogP contribution is -1.86. The third kappa shape index (κ3) is 1.27. The summed E-state index contributed by atoms with van der Waals surface area (Å²) in [6, 6.07) is 7.55. The summed E-state index contributed by atoms with van der Waals surface area (Å²) < 4.78 is 5.09. The predicted molar refractivity (Wildman–Crippen MR) is 53.0 cm³/mol. The van der Waals surface area contributed by atoms with Crippen molar-refractivity contribution in [1.82, 2.24) is 4.98 Å². The van der Waals surface area contributed by atoms with Crippen molar-refractivity contribution < 1.29 is 4.74 Å². The van der Waals surface area contributed by atoms with Crippen LogP contribution in [0.4, 0.5) is 0 Å². The lowest BCUT2D eigenvalue weighted by Gasteiger charge is -2.03. The molecule has 0 saturated heterocycles. The third-order valence-electron chi connectivity index (χ3n) is 2.08. The molecule has 2 aromatic rings. The summed E-state index contributed by atoms with van der Waals surface area (Å²) in [5, 5.41) is 10.8. The summed E-state index contributed by atoms with van der Waals surface area (Å²) in [6.45, 7) is 0. The fourth-order valence-corrected chi connectivity index (χ4v) is 1.39. The van der Waals surface area contributed by atoms with E-state index >= 15 is 0 Å². The number of nitrogens with zero attached hydrogens (tertiary/aromatic N) is 2. The molecule has 0 aliphatic heterocycles. The molecule has 0 fully saturated rings. The first-order valence-electron chi connectivity index (χ1n) is 4.17. The van der Waals surface area contributed by atoms with E-state index < -0.39 is 0 Å². The molecule has 3 heteroatoms. The number of aromatic nitrogens is 1. The summed E-state index contributed by atoms with van der Waals surface area (Å²) in [4.78, 5) is 4.00. The van der Waals surface area contributed by atoms with Gasteiger partial charge in [0, 0.05) is 23.2 Å². The molecular weight excluding hydrogens is 176 g/mol. The van der Waals surface area contributed by atoms with Gasteiger partial charge in [0.2, 0.25) is 0 Å². The maximum absolute atomic E-state index is 8.93. The number of hydrogen-bond acceptors (Lipinski definition) is 3. The summed E-state index contributed by atoms with van der Waals surface area (Å²) in [5.74, 6) is 0.682. The number of fused-ring (bicyclic) bond motifs is 1. The Bertz CT molecular complexity index is 514. The molecule has 0 unspecified atom stereocenters. The molecule has 14 heavy (non-hydrogen) atoms. The van der Waals surface area contributed by atoms with Crippen molar-refractivity contribution in [3.8, 4) is 11.8 Å². The number of pyridine rings is 1. The molecule has 1 heterocycles. The second-order valence-corrected chi connectivity index (χ2v) is 2.88. The summed E-state index contributed by atoms with van der Waals surface area (Å²) in [7, 11) is 1.58. The molecule has 3 nitrogen and oxygen atoms in total. The van der Waals surface area contributed by atoms with Crippen LogP contribution in [0, 0.1) is 11.3 Å². The van der Waals surface area contributed by atoms with Gasteiger partial charge in [-0.3, -0.25) is 4.98 Å². The van der Waals surface area contributed by atoms with Crippen LogP contribution in [0.25, 0.3) is 10.8 Å². The van der Waals surface area contributed by atoms with Gasteiger partial charge in [-0.15, -0.1) is 0 Å². The van der Waals surface area contributed by atoms with E-state index in [1.165, 1.54) is 0 Å². The smallest absolute Gasteiger partial charge is 0.120 e. The van der Waals surface area contributed by atoms with Gasteiger partial charge < -0.3 is 4.74 Å². The van der Waals surface area contributed by atoms with Gasteiger partial charge in [0.1, 0.15) is 5.75 Å². The number of rotatable bonds is 1. The normalized spacial score (nSPS) is 9.71. The Balaban J connectivity index is 2.82. The maximum Gasteiger partial charge on any atom is 0.120 e. The first-order valence-corrected chi connectivity index (χ1v) is 4.17. The number of methoxy groups -OCH3 is 1. The van der Waals surface area contributed by atoms with E-state index in [2.05, 4.69) is 11.1 Å². The lowest BCUT2D eigenvalue weighted by molar-refractivity contribution is 0.415. The predicted octanol–water partition coefficient (Wildman–Crippen LogP) is 2.12. The molecule has 0 saturated carbocycles. The summed E-state index contributed by atoms with van der Waals surface area (Å²) in [5.41, 5.74) is 0.613. The Hall–Kier alpha value is -2.08. The number of ether oxygens (including phenoxy) is 1. The summed E-state index contributed by atoms with van der Waals surface area (Å²) in [6.07, 6.45) is 3.40. The minimum Gasteiger partial charge on any atom is -0.497 e. The Morgan fingerprint density at radius 3 is 3.00 bits per heavy atom. The first-order chi connectivity index (χ1) is 6.85. The zero-order chi connectivity index (χ0) is 9.97. The van der Waals surface area contributed by atoms with E-state index in [4.69, 9.17) is 10.00 Å². The van der Waals surface area contributed by atoms with Gasteiger partial charge in [-0.05, 0) is 18.2 Å². The molecule has 0 radical (unpaired) electrons. The van der Waals surface area contributed by atoms with Gasteiger partial charge in [0.15, 0.2) is 0 Å². The minimum atomic E-state index is 0.613. The van der Waals surface area contributed by atoms with Crippen LogP contribution in [-0.4, -0.2) is 12.1 Å². The van der Waals surface area contributed by atoms with Gasteiger partial charge in [0.05, 0.1) is 18.7 Å². The molecule has 2 rings (SSSR count). The quantitative estimate of drug-likeness (QED) is 0.681. The van der Waals surface area contributed by atoms with E-state index in [0.717, 1.165) is 10.8 Å². The molecule has 0 N–H and O–H groups in total. The molecule has 68 valence electrons. The standard InChI is InChI=1S/C11H8N2O/c1-14-10-4-8(6-12)11-2-3-13-7-9(11)5-10/h2-5,7H,1H3. The van der Waals surface area contributed by atoms with Crippen LogP contribution in [-0.2, 0) is 0 Å². The summed E-state index contributed by atoms with van der Waals surface area (Å²) >= 11 is 0. The zero-order valence-corrected chi connectivity index (χ0v) is 7.69. The fourth-order valence-electron chi connectivity index (χ4n) is 1.39. The second kappa shape index (κ2) is 3.35. The monoisotopic (exact) mass is 184 g/mol. The molecule has 0 aliphatic carbocycles. The van der Waals surface area contributed by atoms with Gasteiger partial charge in [-0.2, -0.15) is 5.26 Å². The van der Waals surface area contributed by atoms with E-state index in [1.54, 1.807) is 25.6 Å². The second-order valence-electron chi connectivity index (χ2n) is 2.88. The Morgan fingerprint density at radius 1 is 1.43 bits per heavy atom. The average molecular weight is 184 g/mol. The minimum absolute atomic E-state index is 0.613. The van der Waals surface area contributed by atoms with Gasteiger partial charge in [0.25, 0.3) is 0 Å². The highest BCUT2D eigenvalue weighted by molar-refractivity contribution is 5.88. The van der Waals surface area contributed by atoms with Crippen LogP contribution in [0.1, 0.15) is 5.56 Å². The van der Waals surface area contributed by atoms with Crippen molar-refractivity contribution in [2.24, 2.45) is 0 Å². The van der Waals surface area contributed by atoms with Crippen molar-refractivity contribution in [2.45, 2.75) is 0 Å². The molecule has 0 aliphatic rings. The molecular formula is C11H8N2O. The molecule has 0 amide bonds. The van der Waals surface area contributed by atoms with E-state index in [1.807, 2.05) is 12.1 Å². The SMILES string of the molecule is COc1cc(C#N)c2ccncc2c1. The highest BCUT2D eigenvalue weighted by atomic mass is 16.5. The van der Waals surface area contributed by atoms with Gasteiger partial charge in [-0.1, -0.05) is 0 Å². The number of nitriles is 1. The fraction of sp³-hybridized carbons (Fsp3) is 0.0909. The van der Waals surface area contributed by atoms with Gasteiger partial charge >= 0.3 is 0 Å². The van der Waals surface area contributed by atoms with Crippen molar-refractivity contribution in [3.63, 3.8) is 0 Å². The van der Waals surface area contributed by atoms with Crippen LogP contribution in [0.5, 0.6) is 5.75 Å². The van der Waals surface area contributed by atoms with Crippen molar-refractivity contribution in [3.05, 3.63) is 36.2 Å². The molecule has 0 atom stereocenters. The Morgan fingerprint density at radius 2 is 2.29 bits per heavy atom. The van der Waals surface area contributed by atoms with Crippen LogP contribution in [0.3, 0.4) is 0 Å². The van der Waals surface area contributed by atoms with Crippen molar-refractivity contribution in [2.75, 3.05) is 7.11 Å². The van der Waals surface area contributed by atoms with E-state index in [0.29, 0.717) is 11.3 Å². The van der Waals surface area contributed by atoms with Gasteiger partial charge in [-0.25, -0.2) is 0 Å². The molecule has 0 bridgehead atoms. The highest BCUT2D eigenvalue weighted by Crippen LogP contribution is 2.23. The van der Waals surface area contributed by atoms with Crippen LogP contribution < -0.4 is 4.74 Å². The first kappa shape index (κ1) is 8.52. The molecule has 1 aromatic carbocycles. The maximum atomic E-state index is 8.93. The Labute approximate surface area is 81.6 Å². The van der Waals surface area contributed by atoms with E-state index in [-0.39, 0.29) is 0 Å².